The van der Waals surface area contributed by atoms with Crippen molar-refractivity contribution in [1.82, 2.24) is 4.57 Å². The molecule has 1 amide bonds. The van der Waals surface area contributed by atoms with E-state index < -0.39 is 0 Å². The molecule has 1 aliphatic rings. The minimum Gasteiger partial charge on any atom is -0.497 e. The maximum absolute atomic E-state index is 12.3. The van der Waals surface area contributed by atoms with Crippen LogP contribution in [0.5, 0.6) is 5.75 Å². The van der Waals surface area contributed by atoms with Gasteiger partial charge in [0.05, 0.1) is 7.11 Å². The van der Waals surface area contributed by atoms with Gasteiger partial charge in [0.1, 0.15) is 11.3 Å². The number of carbonyl (C=O) groups excluding carboxylic acids is 1. The van der Waals surface area contributed by atoms with Gasteiger partial charge in [0.25, 0.3) is 11.5 Å². The molecule has 0 radical (unpaired) electrons. The van der Waals surface area contributed by atoms with E-state index in [1.165, 1.54) is 0 Å². The number of ether oxygens (including phenoxy) is 1. The molecule has 1 aromatic carbocycles. The van der Waals surface area contributed by atoms with Crippen molar-refractivity contribution < 1.29 is 9.53 Å². The zero-order valence-electron chi connectivity index (χ0n) is 12.4. The molecule has 0 bridgehead atoms. The largest absolute Gasteiger partial charge is 0.497 e. The second-order valence-corrected chi connectivity index (χ2v) is 5.51. The number of anilines is 1. The topological polar surface area (TPSA) is 60.3 Å². The average molecular weight is 298 g/mol. The number of hydrogen-bond donors (Lipinski definition) is 1. The maximum atomic E-state index is 12.3. The summed E-state index contributed by atoms with van der Waals surface area (Å²) >= 11 is 0. The lowest BCUT2D eigenvalue weighted by Crippen LogP contribution is -2.29. The third kappa shape index (κ3) is 3.19. The number of aromatic nitrogens is 1. The normalized spacial score (nSPS) is 13.7. The molecule has 22 heavy (non-hydrogen) atoms. The van der Waals surface area contributed by atoms with E-state index in [-0.39, 0.29) is 17.0 Å². The Labute approximate surface area is 128 Å². The molecular formula is C17H18N2O3. The van der Waals surface area contributed by atoms with Gasteiger partial charge in [-0.05, 0) is 55.2 Å². The van der Waals surface area contributed by atoms with Crippen LogP contribution in [0.15, 0.2) is 47.4 Å². The molecule has 1 aliphatic carbocycles. The highest BCUT2D eigenvalue weighted by atomic mass is 16.5. The summed E-state index contributed by atoms with van der Waals surface area (Å²) in [6.07, 6.45) is 4.06. The highest BCUT2D eigenvalue weighted by molar-refractivity contribution is 6.03. The Morgan fingerprint density at radius 2 is 2.00 bits per heavy atom. The van der Waals surface area contributed by atoms with Crippen LogP contribution in [0.1, 0.15) is 23.2 Å². The Bertz CT molecular complexity index is 730. The lowest BCUT2D eigenvalue weighted by Gasteiger charge is -2.08. The fourth-order valence-corrected chi connectivity index (χ4v) is 2.30. The van der Waals surface area contributed by atoms with Gasteiger partial charge >= 0.3 is 0 Å². The van der Waals surface area contributed by atoms with Crippen molar-refractivity contribution in [2.24, 2.45) is 5.92 Å². The van der Waals surface area contributed by atoms with Crippen LogP contribution in [0.4, 0.5) is 5.69 Å². The molecule has 0 saturated heterocycles. The number of methoxy groups -OCH3 is 1. The van der Waals surface area contributed by atoms with Crippen LogP contribution in [-0.4, -0.2) is 17.6 Å². The number of amides is 1. The first-order chi connectivity index (χ1) is 10.7. The molecule has 3 rings (SSSR count). The van der Waals surface area contributed by atoms with Crippen molar-refractivity contribution in [2.75, 3.05) is 12.4 Å². The minimum absolute atomic E-state index is 0.166. The van der Waals surface area contributed by atoms with Gasteiger partial charge in [0, 0.05) is 18.4 Å². The van der Waals surface area contributed by atoms with Gasteiger partial charge in [-0.1, -0.05) is 0 Å². The predicted octanol–water partition coefficient (Wildman–Crippen LogP) is 2.52. The van der Waals surface area contributed by atoms with Crippen molar-refractivity contribution >= 4 is 11.6 Å². The van der Waals surface area contributed by atoms with E-state index in [1.54, 1.807) is 54.3 Å². The molecule has 0 unspecified atom stereocenters. The van der Waals surface area contributed by atoms with E-state index in [0.29, 0.717) is 23.9 Å². The highest BCUT2D eigenvalue weighted by Crippen LogP contribution is 2.30. The number of hydrogen-bond acceptors (Lipinski definition) is 3. The number of pyridine rings is 1. The molecule has 1 fully saturated rings. The molecule has 1 aromatic heterocycles. The molecular weight excluding hydrogens is 280 g/mol. The highest BCUT2D eigenvalue weighted by Gasteiger charge is 2.23. The van der Waals surface area contributed by atoms with Crippen molar-refractivity contribution in [2.45, 2.75) is 19.4 Å². The van der Waals surface area contributed by atoms with Gasteiger partial charge in [0.2, 0.25) is 0 Å². The maximum Gasteiger partial charge on any atom is 0.263 e. The summed E-state index contributed by atoms with van der Waals surface area (Å²) in [5.74, 6) is 0.905. The summed E-state index contributed by atoms with van der Waals surface area (Å²) in [6.45, 7) is 0.697. The fourth-order valence-electron chi connectivity index (χ4n) is 2.30. The Kier molecular flexibility index (Phi) is 3.96. The number of rotatable bonds is 5. The molecule has 5 nitrogen and oxygen atoms in total. The summed E-state index contributed by atoms with van der Waals surface area (Å²) in [5, 5.41) is 2.74. The summed E-state index contributed by atoms with van der Waals surface area (Å²) in [5.41, 5.74) is 0.558. The number of benzene rings is 1. The monoisotopic (exact) mass is 298 g/mol. The Hall–Kier alpha value is -2.56. The fraction of sp³-hybridized carbons (Fsp3) is 0.294. The van der Waals surface area contributed by atoms with Gasteiger partial charge in [-0.25, -0.2) is 0 Å². The third-order valence-corrected chi connectivity index (χ3v) is 3.76. The van der Waals surface area contributed by atoms with Gasteiger partial charge in [-0.3, -0.25) is 9.59 Å². The third-order valence-electron chi connectivity index (χ3n) is 3.76. The van der Waals surface area contributed by atoms with Crippen molar-refractivity contribution in [1.29, 1.82) is 0 Å². The van der Waals surface area contributed by atoms with Crippen LogP contribution in [0.2, 0.25) is 0 Å². The zero-order chi connectivity index (χ0) is 15.5. The summed E-state index contributed by atoms with van der Waals surface area (Å²) in [4.78, 5) is 24.6. The van der Waals surface area contributed by atoms with E-state index >= 15 is 0 Å². The van der Waals surface area contributed by atoms with E-state index in [0.717, 1.165) is 12.8 Å². The van der Waals surface area contributed by atoms with Crippen LogP contribution < -0.4 is 15.6 Å². The number of nitrogens with zero attached hydrogens (tertiary/aromatic N) is 1. The van der Waals surface area contributed by atoms with Gasteiger partial charge < -0.3 is 14.6 Å². The van der Waals surface area contributed by atoms with E-state index in [2.05, 4.69) is 5.32 Å². The number of nitrogens with one attached hydrogen (secondary N) is 1. The van der Waals surface area contributed by atoms with Crippen LogP contribution in [-0.2, 0) is 6.54 Å². The standard InChI is InChI=1S/C17H18N2O3/c1-22-14-8-6-13(7-9-14)18-16(20)15-3-2-10-19(17(15)21)11-12-4-5-12/h2-3,6-10,12H,4-5,11H2,1H3,(H,18,20). The van der Waals surface area contributed by atoms with Gasteiger partial charge in [-0.2, -0.15) is 0 Å². The molecule has 0 aliphatic heterocycles. The molecule has 1 saturated carbocycles. The van der Waals surface area contributed by atoms with Crippen molar-refractivity contribution in [3.8, 4) is 5.75 Å². The number of carbonyl (C=O) groups is 1. The first-order valence-electron chi connectivity index (χ1n) is 7.32. The second-order valence-electron chi connectivity index (χ2n) is 5.51. The van der Waals surface area contributed by atoms with Crippen LogP contribution >= 0.6 is 0 Å². The summed E-state index contributed by atoms with van der Waals surface area (Å²) < 4.78 is 6.70. The van der Waals surface area contributed by atoms with Crippen molar-refractivity contribution in [3.05, 3.63) is 58.5 Å². The van der Waals surface area contributed by atoms with E-state index in [9.17, 15) is 9.59 Å². The second kappa shape index (κ2) is 6.05. The Morgan fingerprint density at radius 3 is 2.64 bits per heavy atom. The van der Waals surface area contributed by atoms with Crippen LogP contribution in [0.3, 0.4) is 0 Å². The molecule has 0 atom stereocenters. The molecule has 5 heteroatoms. The summed E-state index contributed by atoms with van der Waals surface area (Å²) in [6, 6.07) is 10.3. The minimum atomic E-state index is -0.389. The molecule has 114 valence electrons. The Balaban J connectivity index is 1.77. The summed E-state index contributed by atoms with van der Waals surface area (Å²) in [7, 11) is 1.58. The van der Waals surface area contributed by atoms with Crippen molar-refractivity contribution in [3.63, 3.8) is 0 Å². The lowest BCUT2D eigenvalue weighted by molar-refractivity contribution is 0.102. The zero-order valence-corrected chi connectivity index (χ0v) is 12.4. The molecule has 2 aromatic rings. The lowest BCUT2D eigenvalue weighted by atomic mass is 10.2. The smallest absolute Gasteiger partial charge is 0.263 e. The van der Waals surface area contributed by atoms with E-state index in [4.69, 9.17) is 4.74 Å². The van der Waals surface area contributed by atoms with Crippen LogP contribution in [0.25, 0.3) is 0 Å². The van der Waals surface area contributed by atoms with Gasteiger partial charge in [0.15, 0.2) is 0 Å². The Morgan fingerprint density at radius 1 is 1.27 bits per heavy atom. The quantitative estimate of drug-likeness (QED) is 0.922. The average Bonchev–Trinajstić information content (AvgIpc) is 3.34. The first-order valence-corrected chi connectivity index (χ1v) is 7.32. The van der Waals surface area contributed by atoms with E-state index in [1.807, 2.05) is 0 Å². The predicted molar refractivity (Wildman–Crippen MR) is 84.4 cm³/mol. The van der Waals surface area contributed by atoms with Crippen LogP contribution in [0, 0.1) is 5.92 Å². The van der Waals surface area contributed by atoms with Gasteiger partial charge in [-0.15, -0.1) is 0 Å². The molecule has 1 heterocycles. The first kappa shape index (κ1) is 14.4. The molecule has 1 N–H and O–H groups in total. The SMILES string of the molecule is COc1ccc(NC(=O)c2cccn(CC3CC3)c2=O)cc1. The molecule has 0 spiro atoms.